The van der Waals surface area contributed by atoms with Crippen molar-refractivity contribution in [3.63, 3.8) is 0 Å². The van der Waals surface area contributed by atoms with Gasteiger partial charge in [0.25, 0.3) is 10.0 Å². The summed E-state index contributed by atoms with van der Waals surface area (Å²) >= 11 is 0. The predicted molar refractivity (Wildman–Crippen MR) is 120 cm³/mol. The molecule has 0 aliphatic rings. The molecule has 3 aromatic carbocycles. The molecular formula is C24H25FN2O3S. The van der Waals surface area contributed by atoms with Gasteiger partial charge in [-0.1, -0.05) is 49.4 Å². The van der Waals surface area contributed by atoms with Gasteiger partial charge in [0.05, 0.1) is 16.6 Å². The molecule has 7 heteroatoms. The molecule has 0 spiro atoms. The maximum absolute atomic E-state index is 13.3. The van der Waals surface area contributed by atoms with Crippen molar-refractivity contribution in [2.24, 2.45) is 0 Å². The van der Waals surface area contributed by atoms with Crippen LogP contribution in [-0.2, 0) is 21.2 Å². The van der Waals surface area contributed by atoms with Crippen molar-refractivity contribution in [2.75, 3.05) is 10.8 Å². The second kappa shape index (κ2) is 9.75. The quantitative estimate of drug-likeness (QED) is 0.562. The molecule has 3 aromatic rings. The molecule has 1 atom stereocenters. The van der Waals surface area contributed by atoms with E-state index >= 15 is 0 Å². The number of halogens is 1. The average molecular weight is 441 g/mol. The second-order valence-corrected chi connectivity index (χ2v) is 9.05. The van der Waals surface area contributed by atoms with Crippen LogP contribution in [0.2, 0.25) is 0 Å². The number of anilines is 1. The number of carbonyl (C=O) groups excluding carboxylic acids is 1. The van der Waals surface area contributed by atoms with Crippen LogP contribution in [0, 0.1) is 5.82 Å². The Morgan fingerprint density at radius 2 is 1.58 bits per heavy atom. The molecule has 1 N–H and O–H groups in total. The van der Waals surface area contributed by atoms with Crippen molar-refractivity contribution in [2.45, 2.75) is 31.2 Å². The van der Waals surface area contributed by atoms with E-state index in [1.165, 1.54) is 17.7 Å². The summed E-state index contributed by atoms with van der Waals surface area (Å²) < 4.78 is 40.8. The Bertz CT molecular complexity index is 1120. The van der Waals surface area contributed by atoms with Gasteiger partial charge >= 0.3 is 0 Å². The van der Waals surface area contributed by atoms with Crippen molar-refractivity contribution >= 4 is 21.6 Å². The number of hydrogen-bond acceptors (Lipinski definition) is 3. The van der Waals surface area contributed by atoms with Gasteiger partial charge in [0.15, 0.2) is 0 Å². The Morgan fingerprint density at radius 3 is 2.16 bits per heavy atom. The molecule has 0 aliphatic carbocycles. The summed E-state index contributed by atoms with van der Waals surface area (Å²) in [4.78, 5) is 12.7. The fraction of sp³-hybridized carbons (Fsp3) is 0.208. The third-order valence-corrected chi connectivity index (χ3v) is 6.79. The largest absolute Gasteiger partial charge is 0.348 e. The molecule has 0 fully saturated rings. The lowest BCUT2D eigenvalue weighted by Gasteiger charge is -2.25. The van der Waals surface area contributed by atoms with Gasteiger partial charge in [-0.3, -0.25) is 9.10 Å². The third kappa shape index (κ3) is 5.49. The van der Waals surface area contributed by atoms with Gasteiger partial charge in [-0.2, -0.15) is 0 Å². The first-order chi connectivity index (χ1) is 14.8. The zero-order valence-electron chi connectivity index (χ0n) is 17.5. The lowest BCUT2D eigenvalue weighted by Crippen LogP contribution is -2.41. The zero-order valence-corrected chi connectivity index (χ0v) is 18.3. The Labute approximate surface area is 182 Å². The van der Waals surface area contributed by atoms with Crippen LogP contribution in [0.4, 0.5) is 10.1 Å². The van der Waals surface area contributed by atoms with Gasteiger partial charge < -0.3 is 5.32 Å². The Kier molecular flexibility index (Phi) is 7.07. The van der Waals surface area contributed by atoms with Crippen molar-refractivity contribution < 1.29 is 17.6 Å². The van der Waals surface area contributed by atoms with E-state index in [0.717, 1.165) is 28.4 Å². The molecule has 0 aliphatic heterocycles. The van der Waals surface area contributed by atoms with E-state index in [1.807, 2.05) is 31.2 Å². The third-order valence-electron chi connectivity index (χ3n) is 5.00. The average Bonchev–Trinajstić information content (AvgIpc) is 2.78. The highest BCUT2D eigenvalue weighted by Crippen LogP contribution is 2.24. The normalized spacial score (nSPS) is 12.2. The highest BCUT2D eigenvalue weighted by atomic mass is 32.2. The number of aryl methyl sites for hydroxylation is 1. The molecule has 0 aromatic heterocycles. The minimum absolute atomic E-state index is 0.0891. The van der Waals surface area contributed by atoms with Crippen molar-refractivity contribution in [3.8, 4) is 0 Å². The number of sulfonamides is 1. The summed E-state index contributed by atoms with van der Waals surface area (Å²) in [5.41, 5.74) is 2.48. The van der Waals surface area contributed by atoms with Gasteiger partial charge in [-0.05, 0) is 60.9 Å². The number of amides is 1. The number of nitrogens with zero attached hydrogens (tertiary/aromatic N) is 1. The molecule has 0 heterocycles. The highest BCUT2D eigenvalue weighted by Gasteiger charge is 2.27. The first-order valence-electron chi connectivity index (χ1n) is 10.0. The molecule has 162 valence electrons. The van der Waals surface area contributed by atoms with Gasteiger partial charge in [-0.25, -0.2) is 12.8 Å². The van der Waals surface area contributed by atoms with E-state index in [4.69, 9.17) is 0 Å². The van der Waals surface area contributed by atoms with E-state index < -0.39 is 28.3 Å². The van der Waals surface area contributed by atoms with Gasteiger partial charge in [0, 0.05) is 0 Å². The number of para-hydroxylation sites is 1. The van der Waals surface area contributed by atoms with Crippen LogP contribution in [0.3, 0.4) is 0 Å². The summed E-state index contributed by atoms with van der Waals surface area (Å²) in [7, 11) is -4.07. The second-order valence-electron chi connectivity index (χ2n) is 7.19. The molecule has 0 bridgehead atoms. The van der Waals surface area contributed by atoms with E-state index in [9.17, 15) is 17.6 Å². The molecule has 0 unspecified atom stereocenters. The summed E-state index contributed by atoms with van der Waals surface area (Å²) in [6, 6.07) is 20.5. The molecule has 0 saturated heterocycles. The predicted octanol–water partition coefficient (Wildman–Crippen LogP) is 4.46. The van der Waals surface area contributed by atoms with Crippen LogP contribution in [0.1, 0.15) is 31.0 Å². The van der Waals surface area contributed by atoms with Crippen molar-refractivity contribution in [1.82, 2.24) is 5.32 Å². The highest BCUT2D eigenvalue weighted by molar-refractivity contribution is 7.92. The van der Waals surface area contributed by atoms with E-state index in [1.54, 1.807) is 30.3 Å². The van der Waals surface area contributed by atoms with Crippen LogP contribution in [0.25, 0.3) is 0 Å². The van der Waals surface area contributed by atoms with Crippen LogP contribution >= 0.6 is 0 Å². The molecular weight excluding hydrogens is 415 g/mol. The van der Waals surface area contributed by atoms with E-state index in [2.05, 4.69) is 12.2 Å². The first-order valence-corrected chi connectivity index (χ1v) is 11.5. The van der Waals surface area contributed by atoms with Crippen LogP contribution in [-0.4, -0.2) is 20.9 Å². The maximum Gasteiger partial charge on any atom is 0.264 e. The minimum atomic E-state index is -4.07. The van der Waals surface area contributed by atoms with Gasteiger partial charge in [-0.15, -0.1) is 0 Å². The molecule has 0 saturated carbocycles. The minimum Gasteiger partial charge on any atom is -0.348 e. The summed E-state index contributed by atoms with van der Waals surface area (Å²) in [6.07, 6.45) is 0.925. The number of carbonyl (C=O) groups is 1. The Hall–Kier alpha value is -3.19. The Morgan fingerprint density at radius 1 is 0.968 bits per heavy atom. The summed E-state index contributed by atoms with van der Waals surface area (Å²) in [5, 5.41) is 2.86. The number of hydrogen-bond donors (Lipinski definition) is 1. The summed E-state index contributed by atoms with van der Waals surface area (Å²) in [6.45, 7) is 3.52. The number of nitrogens with one attached hydrogen (secondary N) is 1. The SMILES string of the molecule is CCc1ccc([C@@H](C)NC(=O)CN(c2ccccc2)S(=O)(=O)c2ccc(F)cc2)cc1. The molecule has 31 heavy (non-hydrogen) atoms. The topological polar surface area (TPSA) is 66.5 Å². The Balaban J connectivity index is 1.83. The number of benzene rings is 3. The smallest absolute Gasteiger partial charge is 0.264 e. The zero-order chi connectivity index (χ0) is 22.4. The monoisotopic (exact) mass is 440 g/mol. The summed E-state index contributed by atoms with van der Waals surface area (Å²) in [5.74, 6) is -0.979. The van der Waals surface area contributed by atoms with Crippen molar-refractivity contribution in [1.29, 1.82) is 0 Å². The van der Waals surface area contributed by atoms with Gasteiger partial charge in [0.1, 0.15) is 12.4 Å². The van der Waals surface area contributed by atoms with Crippen LogP contribution < -0.4 is 9.62 Å². The maximum atomic E-state index is 13.3. The van der Waals surface area contributed by atoms with E-state index in [0.29, 0.717) is 5.69 Å². The number of rotatable bonds is 8. The fourth-order valence-corrected chi connectivity index (χ4v) is 4.61. The van der Waals surface area contributed by atoms with Gasteiger partial charge in [0.2, 0.25) is 5.91 Å². The van der Waals surface area contributed by atoms with Crippen molar-refractivity contribution in [3.05, 3.63) is 95.8 Å². The van der Waals surface area contributed by atoms with Crippen LogP contribution in [0.15, 0.2) is 83.8 Å². The molecule has 3 rings (SSSR count). The molecule has 0 radical (unpaired) electrons. The molecule has 5 nitrogen and oxygen atoms in total. The van der Waals surface area contributed by atoms with E-state index in [-0.39, 0.29) is 10.9 Å². The first kappa shape index (κ1) is 22.5. The fourth-order valence-electron chi connectivity index (χ4n) is 3.19. The lowest BCUT2D eigenvalue weighted by molar-refractivity contribution is -0.120. The van der Waals surface area contributed by atoms with Crippen LogP contribution in [0.5, 0.6) is 0 Å². The molecule has 1 amide bonds. The lowest BCUT2D eigenvalue weighted by atomic mass is 10.1. The standard InChI is InChI=1S/C24H25FN2O3S/c1-3-19-9-11-20(12-10-19)18(2)26-24(28)17-27(22-7-5-4-6-8-22)31(29,30)23-15-13-21(25)14-16-23/h4-16,18H,3,17H2,1-2H3,(H,26,28)/t18-/m1/s1.